The van der Waals surface area contributed by atoms with Crippen molar-refractivity contribution < 1.29 is 0 Å². The van der Waals surface area contributed by atoms with Gasteiger partial charge in [0.1, 0.15) is 0 Å². The van der Waals surface area contributed by atoms with Crippen molar-refractivity contribution in [1.29, 1.82) is 5.26 Å². The molecule has 0 spiro atoms. The molecule has 1 aromatic carbocycles. The molecule has 9 nitrogen and oxygen atoms in total. The van der Waals surface area contributed by atoms with Crippen molar-refractivity contribution in [2.45, 2.75) is 13.0 Å². The molecule has 2 N–H and O–H groups in total. The molecule has 2 aromatic heterocycles. The van der Waals surface area contributed by atoms with Gasteiger partial charge < -0.3 is 10.2 Å². The van der Waals surface area contributed by atoms with Gasteiger partial charge in [-0.1, -0.05) is 18.2 Å². The lowest BCUT2D eigenvalue weighted by Gasteiger charge is -2.22. The first-order valence-electron chi connectivity index (χ1n) is 9.23. The molecular formula is C19H21N7O2. The van der Waals surface area contributed by atoms with Crippen molar-refractivity contribution in [3.05, 3.63) is 56.2 Å². The summed E-state index contributed by atoms with van der Waals surface area (Å²) < 4.78 is 3.16. The number of benzene rings is 1. The average molecular weight is 379 g/mol. The van der Waals surface area contributed by atoms with Crippen LogP contribution in [0.2, 0.25) is 0 Å². The molecule has 9 heteroatoms. The summed E-state index contributed by atoms with van der Waals surface area (Å²) >= 11 is 0. The van der Waals surface area contributed by atoms with Crippen molar-refractivity contribution in [2.24, 2.45) is 7.05 Å². The SMILES string of the molecule is Cn1c(=O)[nH]c(=O)c2c1nc(N1CCCNCC1)n2Cc1ccccc1C#N. The van der Waals surface area contributed by atoms with E-state index in [0.29, 0.717) is 29.2 Å². The smallest absolute Gasteiger partial charge is 0.329 e. The van der Waals surface area contributed by atoms with Gasteiger partial charge in [0.05, 0.1) is 18.2 Å². The number of nitriles is 1. The highest BCUT2D eigenvalue weighted by Crippen LogP contribution is 2.22. The van der Waals surface area contributed by atoms with E-state index in [9.17, 15) is 14.9 Å². The number of rotatable bonds is 3. The van der Waals surface area contributed by atoms with Crippen LogP contribution in [-0.4, -0.2) is 45.3 Å². The molecule has 1 saturated heterocycles. The highest BCUT2D eigenvalue weighted by molar-refractivity contribution is 5.74. The fourth-order valence-corrected chi connectivity index (χ4v) is 3.60. The minimum atomic E-state index is -0.497. The Balaban J connectivity index is 1.95. The monoisotopic (exact) mass is 379 g/mol. The van der Waals surface area contributed by atoms with Gasteiger partial charge in [0.25, 0.3) is 5.56 Å². The van der Waals surface area contributed by atoms with Gasteiger partial charge in [-0.25, -0.2) is 4.79 Å². The van der Waals surface area contributed by atoms with Crippen LogP contribution in [0, 0.1) is 11.3 Å². The maximum atomic E-state index is 12.7. The Morgan fingerprint density at radius 2 is 2.04 bits per heavy atom. The zero-order chi connectivity index (χ0) is 19.7. The van der Waals surface area contributed by atoms with Crippen molar-refractivity contribution in [2.75, 3.05) is 31.1 Å². The van der Waals surface area contributed by atoms with Crippen LogP contribution >= 0.6 is 0 Å². The van der Waals surface area contributed by atoms with E-state index < -0.39 is 11.2 Å². The molecule has 144 valence electrons. The highest BCUT2D eigenvalue weighted by Gasteiger charge is 2.23. The Kier molecular flexibility index (Phi) is 4.71. The van der Waals surface area contributed by atoms with Gasteiger partial charge in [0.2, 0.25) is 5.95 Å². The van der Waals surface area contributed by atoms with E-state index in [2.05, 4.69) is 26.3 Å². The Morgan fingerprint density at radius 3 is 2.86 bits per heavy atom. The van der Waals surface area contributed by atoms with Crippen LogP contribution in [0.5, 0.6) is 0 Å². The maximum Gasteiger partial charge on any atom is 0.329 e. The van der Waals surface area contributed by atoms with Gasteiger partial charge in [0.15, 0.2) is 11.2 Å². The number of nitrogens with one attached hydrogen (secondary N) is 2. The lowest BCUT2D eigenvalue weighted by atomic mass is 10.1. The molecule has 0 radical (unpaired) electrons. The van der Waals surface area contributed by atoms with E-state index in [4.69, 9.17) is 0 Å². The number of imidazole rings is 1. The third kappa shape index (κ3) is 3.08. The predicted octanol–water partition coefficient (Wildman–Crippen LogP) is 0.143. The molecule has 1 aliphatic rings. The minimum Gasteiger partial charge on any atom is -0.341 e. The highest BCUT2D eigenvalue weighted by atomic mass is 16.2. The van der Waals surface area contributed by atoms with E-state index in [-0.39, 0.29) is 0 Å². The van der Waals surface area contributed by atoms with Gasteiger partial charge in [0, 0.05) is 26.7 Å². The number of aromatic amines is 1. The first-order chi connectivity index (χ1) is 13.6. The number of hydrogen-bond donors (Lipinski definition) is 2. The summed E-state index contributed by atoms with van der Waals surface area (Å²) in [5.41, 5.74) is 1.06. The Labute approximate surface area is 160 Å². The second-order valence-electron chi connectivity index (χ2n) is 6.85. The maximum absolute atomic E-state index is 12.7. The molecule has 3 heterocycles. The molecule has 1 aliphatic heterocycles. The van der Waals surface area contributed by atoms with E-state index >= 15 is 0 Å². The summed E-state index contributed by atoms with van der Waals surface area (Å²) in [7, 11) is 1.59. The number of fused-ring (bicyclic) bond motifs is 1. The van der Waals surface area contributed by atoms with Crippen LogP contribution in [0.15, 0.2) is 33.9 Å². The molecule has 0 bridgehead atoms. The summed E-state index contributed by atoms with van der Waals surface area (Å²) in [5.74, 6) is 0.637. The second-order valence-corrected chi connectivity index (χ2v) is 6.85. The number of hydrogen-bond acceptors (Lipinski definition) is 6. The van der Waals surface area contributed by atoms with Crippen molar-refractivity contribution >= 4 is 17.1 Å². The number of aryl methyl sites for hydroxylation is 1. The molecule has 0 saturated carbocycles. The number of aromatic nitrogens is 4. The van der Waals surface area contributed by atoms with Crippen LogP contribution < -0.4 is 21.5 Å². The summed E-state index contributed by atoms with van der Waals surface area (Å²) in [5, 5.41) is 12.8. The topological polar surface area (TPSA) is 112 Å². The van der Waals surface area contributed by atoms with Crippen molar-refractivity contribution in [3.63, 3.8) is 0 Å². The molecule has 0 atom stereocenters. The van der Waals surface area contributed by atoms with Crippen LogP contribution in [0.3, 0.4) is 0 Å². The second kappa shape index (κ2) is 7.32. The van der Waals surface area contributed by atoms with Crippen LogP contribution in [0.1, 0.15) is 17.5 Å². The molecule has 0 amide bonds. The Bertz CT molecular complexity index is 1170. The Morgan fingerprint density at radius 1 is 1.21 bits per heavy atom. The molecule has 0 aliphatic carbocycles. The first kappa shape index (κ1) is 18.0. The fourth-order valence-electron chi connectivity index (χ4n) is 3.60. The summed E-state index contributed by atoms with van der Waals surface area (Å²) in [6.45, 7) is 3.60. The van der Waals surface area contributed by atoms with E-state index in [1.165, 1.54) is 4.57 Å². The number of nitrogens with zero attached hydrogens (tertiary/aromatic N) is 5. The van der Waals surface area contributed by atoms with Crippen molar-refractivity contribution in [1.82, 2.24) is 24.4 Å². The predicted molar refractivity (Wildman–Crippen MR) is 106 cm³/mol. The van der Waals surface area contributed by atoms with Gasteiger partial charge in [-0.3, -0.25) is 18.9 Å². The summed E-state index contributed by atoms with van der Waals surface area (Å²) in [6, 6.07) is 9.50. The standard InChI is InChI=1S/C19H21N7O2/c1-24-16-15(17(27)23-19(24)28)26(12-14-6-3-2-5-13(14)11-20)18(22-16)25-9-4-7-21-8-10-25/h2-3,5-6,21H,4,7-10,12H2,1H3,(H,23,27,28). The van der Waals surface area contributed by atoms with Crippen LogP contribution in [0.25, 0.3) is 11.2 Å². The average Bonchev–Trinajstić information content (AvgIpc) is 2.88. The van der Waals surface area contributed by atoms with Gasteiger partial charge in [-0.2, -0.15) is 10.2 Å². The normalized spacial score (nSPS) is 14.8. The van der Waals surface area contributed by atoms with Crippen LogP contribution in [-0.2, 0) is 13.6 Å². The lowest BCUT2D eigenvalue weighted by molar-refractivity contribution is 0.721. The van der Waals surface area contributed by atoms with E-state index in [1.807, 2.05) is 22.8 Å². The van der Waals surface area contributed by atoms with E-state index in [1.54, 1.807) is 13.1 Å². The largest absolute Gasteiger partial charge is 0.341 e. The summed E-state index contributed by atoms with van der Waals surface area (Å²) in [4.78, 5) is 33.9. The molecule has 0 unspecified atom stereocenters. The molecule has 28 heavy (non-hydrogen) atoms. The lowest BCUT2D eigenvalue weighted by Crippen LogP contribution is -2.31. The van der Waals surface area contributed by atoms with Crippen LogP contribution in [0.4, 0.5) is 5.95 Å². The fraction of sp³-hybridized carbons (Fsp3) is 0.368. The molecule has 4 rings (SSSR count). The third-order valence-corrected chi connectivity index (χ3v) is 5.08. The van der Waals surface area contributed by atoms with Gasteiger partial charge in [-0.05, 0) is 24.6 Å². The molecular weight excluding hydrogens is 358 g/mol. The quantitative estimate of drug-likeness (QED) is 0.670. The van der Waals surface area contributed by atoms with E-state index in [0.717, 1.165) is 38.2 Å². The Hall–Kier alpha value is -3.38. The minimum absolute atomic E-state index is 0.320. The molecule has 3 aromatic rings. The zero-order valence-electron chi connectivity index (χ0n) is 15.6. The molecule has 1 fully saturated rings. The zero-order valence-corrected chi connectivity index (χ0v) is 15.6. The number of H-pyrrole nitrogens is 1. The van der Waals surface area contributed by atoms with Gasteiger partial charge >= 0.3 is 5.69 Å². The summed E-state index contributed by atoms with van der Waals surface area (Å²) in [6.07, 6.45) is 0.952. The first-order valence-corrected chi connectivity index (χ1v) is 9.23. The third-order valence-electron chi connectivity index (χ3n) is 5.08. The number of anilines is 1. The van der Waals surface area contributed by atoms with Gasteiger partial charge in [-0.15, -0.1) is 0 Å². The van der Waals surface area contributed by atoms with Crippen molar-refractivity contribution in [3.8, 4) is 6.07 Å².